The molecule has 0 aromatic heterocycles. The smallest absolute Gasteiger partial charge is 0.416 e. The largest absolute Gasteiger partial charge is 0.444 e. The summed E-state index contributed by atoms with van der Waals surface area (Å²) in [6.45, 7) is 5.74. The highest BCUT2D eigenvalue weighted by Crippen LogP contribution is 2.36. The van der Waals surface area contributed by atoms with Crippen molar-refractivity contribution in [2.24, 2.45) is 0 Å². The quantitative estimate of drug-likeness (QED) is 0.550. The zero-order valence-corrected chi connectivity index (χ0v) is 15.1. The molecule has 0 saturated heterocycles. The summed E-state index contributed by atoms with van der Waals surface area (Å²) in [5, 5.41) is 5.31. The number of hydrogen-bond donors (Lipinski definition) is 2. The number of rotatable bonds is 6. The zero-order chi connectivity index (χ0) is 20.9. The van der Waals surface area contributed by atoms with Gasteiger partial charge in [0.15, 0.2) is 0 Å². The minimum atomic E-state index is -4.86. The van der Waals surface area contributed by atoms with Crippen LogP contribution in [0.5, 0.6) is 0 Å². The van der Waals surface area contributed by atoms with Gasteiger partial charge in [0.25, 0.3) is 0 Å². The topological polar surface area (TPSA) is 50.4 Å². The Hall–Kier alpha value is -1.97. The third-order valence-corrected chi connectivity index (χ3v) is 3.21. The van der Waals surface area contributed by atoms with Crippen molar-refractivity contribution >= 4 is 6.09 Å². The first-order valence-electron chi connectivity index (χ1n) is 8.14. The van der Waals surface area contributed by atoms with Crippen LogP contribution in [0.25, 0.3) is 0 Å². The van der Waals surface area contributed by atoms with Gasteiger partial charge in [0.05, 0.1) is 11.1 Å². The predicted molar refractivity (Wildman–Crippen MR) is 87.3 cm³/mol. The molecule has 0 aliphatic carbocycles. The van der Waals surface area contributed by atoms with Gasteiger partial charge in [0.2, 0.25) is 0 Å². The second-order valence-corrected chi connectivity index (χ2v) is 6.84. The van der Waals surface area contributed by atoms with Crippen LogP contribution in [0.15, 0.2) is 18.2 Å². The van der Waals surface area contributed by atoms with Gasteiger partial charge in [-0.15, -0.1) is 0 Å². The van der Waals surface area contributed by atoms with E-state index in [-0.39, 0.29) is 37.7 Å². The lowest BCUT2D eigenvalue weighted by Gasteiger charge is -2.19. The Kier molecular flexibility index (Phi) is 7.53. The fourth-order valence-electron chi connectivity index (χ4n) is 2.09. The summed E-state index contributed by atoms with van der Waals surface area (Å²) in [5.74, 6) is 0. The number of carbonyl (C=O) groups excluding carboxylic acids is 1. The van der Waals surface area contributed by atoms with Gasteiger partial charge in [0, 0.05) is 13.1 Å². The van der Waals surface area contributed by atoms with Gasteiger partial charge in [0.1, 0.15) is 5.60 Å². The fourth-order valence-corrected chi connectivity index (χ4v) is 2.09. The summed E-state index contributed by atoms with van der Waals surface area (Å²) in [4.78, 5) is 11.4. The number of amides is 1. The number of alkyl halides is 6. The number of alkyl carbamates (subject to hydrolysis) is 1. The second-order valence-electron chi connectivity index (χ2n) is 6.84. The summed E-state index contributed by atoms with van der Waals surface area (Å²) in [5.41, 5.74) is -3.39. The lowest BCUT2D eigenvalue weighted by Crippen LogP contribution is -2.36. The van der Waals surface area contributed by atoms with Crippen LogP contribution in [0.2, 0.25) is 0 Å². The number of halogens is 6. The Morgan fingerprint density at radius 2 is 1.41 bits per heavy atom. The van der Waals surface area contributed by atoms with Crippen molar-refractivity contribution in [3.05, 3.63) is 34.9 Å². The molecule has 0 bridgehead atoms. The maximum Gasteiger partial charge on any atom is 0.416 e. The maximum absolute atomic E-state index is 12.8. The molecule has 0 saturated carbocycles. The molecule has 0 aliphatic rings. The van der Waals surface area contributed by atoms with Crippen LogP contribution in [0.3, 0.4) is 0 Å². The highest BCUT2D eigenvalue weighted by molar-refractivity contribution is 5.67. The van der Waals surface area contributed by atoms with Crippen molar-refractivity contribution in [2.45, 2.75) is 45.1 Å². The molecule has 10 heteroatoms. The van der Waals surface area contributed by atoms with Crippen molar-refractivity contribution < 1.29 is 35.9 Å². The summed E-state index contributed by atoms with van der Waals surface area (Å²) < 4.78 is 81.7. The van der Waals surface area contributed by atoms with E-state index < -0.39 is 35.2 Å². The lowest BCUT2D eigenvalue weighted by molar-refractivity contribution is -0.143. The molecule has 27 heavy (non-hydrogen) atoms. The van der Waals surface area contributed by atoms with Crippen molar-refractivity contribution in [1.29, 1.82) is 0 Å². The van der Waals surface area contributed by atoms with E-state index in [2.05, 4.69) is 10.6 Å². The van der Waals surface area contributed by atoms with E-state index in [4.69, 9.17) is 4.74 Å². The van der Waals surface area contributed by atoms with E-state index in [0.717, 1.165) is 0 Å². The first-order chi connectivity index (χ1) is 12.2. The van der Waals surface area contributed by atoms with Gasteiger partial charge in [-0.05, 0) is 57.5 Å². The molecule has 4 nitrogen and oxygen atoms in total. The van der Waals surface area contributed by atoms with Crippen molar-refractivity contribution in [1.82, 2.24) is 10.6 Å². The van der Waals surface area contributed by atoms with Crippen LogP contribution in [0.4, 0.5) is 31.1 Å². The lowest BCUT2D eigenvalue weighted by atomic mass is 10.0. The van der Waals surface area contributed by atoms with Crippen molar-refractivity contribution in [3.8, 4) is 0 Å². The van der Waals surface area contributed by atoms with Crippen LogP contribution >= 0.6 is 0 Å². The van der Waals surface area contributed by atoms with Gasteiger partial charge in [-0.25, -0.2) is 4.79 Å². The second kappa shape index (κ2) is 8.81. The molecule has 1 amide bonds. The highest BCUT2D eigenvalue weighted by Gasteiger charge is 2.36. The Morgan fingerprint density at radius 1 is 0.889 bits per heavy atom. The van der Waals surface area contributed by atoms with Crippen LogP contribution < -0.4 is 10.6 Å². The van der Waals surface area contributed by atoms with E-state index in [9.17, 15) is 31.1 Å². The van der Waals surface area contributed by atoms with Crippen molar-refractivity contribution in [2.75, 3.05) is 19.6 Å². The number of carbonyl (C=O) groups is 1. The number of hydrogen-bond acceptors (Lipinski definition) is 3. The van der Waals surface area contributed by atoms with Gasteiger partial charge < -0.3 is 15.4 Å². The molecule has 1 aromatic rings. The normalized spacial score (nSPS) is 12.8. The fraction of sp³-hybridized carbons (Fsp3) is 0.588. The highest BCUT2D eigenvalue weighted by atomic mass is 19.4. The molecule has 1 rings (SSSR count). The number of nitrogens with one attached hydrogen (secondary N) is 2. The molecule has 2 N–H and O–H groups in total. The average Bonchev–Trinajstić information content (AvgIpc) is 2.47. The Labute approximate surface area is 153 Å². The van der Waals surface area contributed by atoms with Crippen LogP contribution in [0, 0.1) is 0 Å². The standard InChI is InChI=1S/C17H22F6N2O2/c1-15(2,3)27-14(26)25-7-6-24-5-4-11-8-12(16(18,19)20)10-13(9-11)17(21,22)23/h8-10,24H,4-7H2,1-3H3,(H,25,26). The molecule has 0 radical (unpaired) electrons. The van der Waals surface area contributed by atoms with E-state index in [1.54, 1.807) is 20.8 Å². The SMILES string of the molecule is CC(C)(C)OC(=O)NCCNCCc1cc(C(F)(F)F)cc(C(F)(F)F)c1. The van der Waals surface area contributed by atoms with Crippen molar-refractivity contribution in [3.63, 3.8) is 0 Å². The summed E-state index contributed by atoms with van der Waals surface area (Å²) in [6, 6.07) is 1.51. The minimum absolute atomic E-state index is 0.0283. The molecular formula is C17H22F6N2O2. The van der Waals surface area contributed by atoms with Gasteiger partial charge in [-0.2, -0.15) is 26.3 Å². The van der Waals surface area contributed by atoms with Crippen LogP contribution in [-0.2, 0) is 23.5 Å². The Bertz CT molecular complexity index is 604. The Morgan fingerprint density at radius 3 is 1.85 bits per heavy atom. The zero-order valence-electron chi connectivity index (χ0n) is 15.1. The third-order valence-electron chi connectivity index (χ3n) is 3.21. The third kappa shape index (κ3) is 8.98. The van der Waals surface area contributed by atoms with E-state index >= 15 is 0 Å². The monoisotopic (exact) mass is 400 g/mol. The average molecular weight is 400 g/mol. The van der Waals surface area contributed by atoms with Crippen LogP contribution in [0.1, 0.15) is 37.5 Å². The maximum atomic E-state index is 12.8. The van der Waals surface area contributed by atoms with E-state index in [1.165, 1.54) is 0 Å². The molecule has 0 atom stereocenters. The van der Waals surface area contributed by atoms with E-state index in [0.29, 0.717) is 12.1 Å². The molecule has 0 unspecified atom stereocenters. The molecule has 0 aliphatic heterocycles. The first-order valence-corrected chi connectivity index (χ1v) is 8.14. The van der Waals surface area contributed by atoms with Gasteiger partial charge in [-0.3, -0.25) is 0 Å². The minimum Gasteiger partial charge on any atom is -0.444 e. The molecular weight excluding hydrogens is 378 g/mol. The molecule has 154 valence electrons. The Balaban J connectivity index is 2.54. The van der Waals surface area contributed by atoms with Crippen LogP contribution in [-0.4, -0.2) is 31.3 Å². The first kappa shape index (κ1) is 23.1. The summed E-state index contributed by atoms with van der Waals surface area (Å²) in [7, 11) is 0. The molecule has 0 fully saturated rings. The molecule has 0 heterocycles. The molecule has 1 aromatic carbocycles. The number of ether oxygens (including phenoxy) is 1. The number of benzene rings is 1. The van der Waals surface area contributed by atoms with Gasteiger partial charge >= 0.3 is 18.4 Å². The van der Waals surface area contributed by atoms with E-state index in [1.807, 2.05) is 0 Å². The predicted octanol–water partition coefficient (Wildman–Crippen LogP) is 4.38. The summed E-state index contributed by atoms with van der Waals surface area (Å²) >= 11 is 0. The van der Waals surface area contributed by atoms with Gasteiger partial charge in [-0.1, -0.05) is 0 Å². The summed E-state index contributed by atoms with van der Waals surface area (Å²) in [6.07, 6.45) is -10.4. The molecule has 0 spiro atoms.